The molecule has 6 nitrogen and oxygen atoms in total. The molecule has 1 amide bonds. The molecule has 0 aromatic heterocycles. The summed E-state index contributed by atoms with van der Waals surface area (Å²) in [6, 6.07) is -0.715. The fraction of sp³-hybridized carbons (Fsp3) is 0.767. The standard InChI is InChI=1S/C60H107NO5/c1-4-7-10-13-16-19-22-25-28-30-31-33-36-39-42-45-48-51-56(66-60(65)53-50-47-44-41-38-35-32-29-26-23-20-17-14-11-8-5-2)54-59(64)61-57(55-62)58(63)52-49-46-43-40-37-34-27-24-21-18-15-12-9-6-3/h8,11,16-17,19-20,25-26,28-29,31,33,56-58,62-63H,4-7,9-10,12-15,18,21-24,27,30,32,34-55H2,1-3H3,(H,61,64)/b11-8+,19-16-,20-17+,28-25-,29-26+,33-31-. The van der Waals surface area contributed by atoms with Crippen LogP contribution in [0.3, 0.4) is 0 Å². The van der Waals surface area contributed by atoms with Crippen LogP contribution >= 0.6 is 0 Å². The molecule has 0 aromatic rings. The molecule has 0 rings (SSSR count). The van der Waals surface area contributed by atoms with Crippen molar-refractivity contribution in [3.63, 3.8) is 0 Å². The largest absolute Gasteiger partial charge is 0.462 e. The van der Waals surface area contributed by atoms with Gasteiger partial charge < -0.3 is 20.3 Å². The van der Waals surface area contributed by atoms with Crippen molar-refractivity contribution in [2.45, 2.75) is 289 Å². The maximum Gasteiger partial charge on any atom is 0.306 e. The van der Waals surface area contributed by atoms with Crippen molar-refractivity contribution in [2.24, 2.45) is 0 Å². The first-order chi connectivity index (χ1) is 32.5. The summed E-state index contributed by atoms with van der Waals surface area (Å²) in [5.74, 6) is -0.507. The van der Waals surface area contributed by atoms with E-state index in [0.717, 1.165) is 109 Å². The van der Waals surface area contributed by atoms with Crippen LogP contribution in [0.4, 0.5) is 0 Å². The molecule has 3 unspecified atom stereocenters. The van der Waals surface area contributed by atoms with Crippen LogP contribution in [-0.4, -0.2) is 46.9 Å². The number of hydrogen-bond donors (Lipinski definition) is 3. The van der Waals surface area contributed by atoms with Gasteiger partial charge in [0, 0.05) is 6.42 Å². The van der Waals surface area contributed by atoms with Gasteiger partial charge in [-0.1, -0.05) is 235 Å². The molecule has 3 atom stereocenters. The van der Waals surface area contributed by atoms with Crippen LogP contribution in [0.1, 0.15) is 271 Å². The Morgan fingerprint density at radius 3 is 1.27 bits per heavy atom. The lowest BCUT2D eigenvalue weighted by molar-refractivity contribution is -0.151. The van der Waals surface area contributed by atoms with E-state index in [-0.39, 0.29) is 24.9 Å². The summed E-state index contributed by atoms with van der Waals surface area (Å²) in [5.41, 5.74) is 0. The van der Waals surface area contributed by atoms with E-state index in [1.807, 2.05) is 0 Å². The molecule has 6 heteroatoms. The lowest BCUT2D eigenvalue weighted by Crippen LogP contribution is -2.46. The average molecular weight is 923 g/mol. The molecule has 0 spiro atoms. The lowest BCUT2D eigenvalue weighted by Gasteiger charge is -2.24. The molecular formula is C60H107NO5. The van der Waals surface area contributed by atoms with E-state index in [4.69, 9.17) is 4.74 Å². The number of amides is 1. The number of rotatable bonds is 50. The highest BCUT2D eigenvalue weighted by Gasteiger charge is 2.24. The zero-order chi connectivity index (χ0) is 48.1. The third kappa shape index (κ3) is 47.8. The molecule has 66 heavy (non-hydrogen) atoms. The molecule has 3 N–H and O–H groups in total. The first-order valence-corrected chi connectivity index (χ1v) is 28.2. The molecule has 382 valence electrons. The van der Waals surface area contributed by atoms with Gasteiger partial charge in [0.15, 0.2) is 0 Å². The molecule has 0 bridgehead atoms. The van der Waals surface area contributed by atoms with Crippen LogP contribution in [0.25, 0.3) is 0 Å². The van der Waals surface area contributed by atoms with E-state index >= 15 is 0 Å². The van der Waals surface area contributed by atoms with Gasteiger partial charge in [0.1, 0.15) is 6.10 Å². The van der Waals surface area contributed by atoms with Gasteiger partial charge in [-0.05, 0) is 96.3 Å². The van der Waals surface area contributed by atoms with E-state index in [1.54, 1.807) is 0 Å². The summed E-state index contributed by atoms with van der Waals surface area (Å²) in [6.07, 6.45) is 68.1. The molecule has 0 saturated carbocycles. The summed E-state index contributed by atoms with van der Waals surface area (Å²) >= 11 is 0. The Balaban J connectivity index is 4.65. The molecule has 0 radical (unpaired) electrons. The molecular weight excluding hydrogens is 815 g/mol. The Labute approximate surface area is 409 Å². The summed E-state index contributed by atoms with van der Waals surface area (Å²) in [4.78, 5) is 26.3. The number of hydrogen-bond acceptors (Lipinski definition) is 5. The van der Waals surface area contributed by atoms with Crippen molar-refractivity contribution < 1.29 is 24.5 Å². The number of esters is 1. The number of nitrogens with one attached hydrogen (secondary N) is 1. The maximum absolute atomic E-state index is 13.3. The number of aliphatic hydroxyl groups is 2. The second-order valence-electron chi connectivity index (χ2n) is 19.0. The summed E-state index contributed by atoms with van der Waals surface area (Å²) in [6.45, 7) is 6.35. The summed E-state index contributed by atoms with van der Waals surface area (Å²) in [7, 11) is 0. The highest BCUT2D eigenvalue weighted by molar-refractivity contribution is 5.77. The number of carbonyl (C=O) groups is 2. The van der Waals surface area contributed by atoms with Gasteiger partial charge in [0.2, 0.25) is 5.91 Å². The monoisotopic (exact) mass is 922 g/mol. The third-order valence-corrected chi connectivity index (χ3v) is 12.5. The number of aliphatic hydroxyl groups excluding tert-OH is 2. The smallest absolute Gasteiger partial charge is 0.306 e. The zero-order valence-corrected chi connectivity index (χ0v) is 43.6. The number of carbonyl (C=O) groups excluding carboxylic acids is 2. The van der Waals surface area contributed by atoms with Gasteiger partial charge in [-0.15, -0.1) is 0 Å². The van der Waals surface area contributed by atoms with Gasteiger partial charge in [0.25, 0.3) is 0 Å². The highest BCUT2D eigenvalue weighted by Crippen LogP contribution is 2.18. The highest BCUT2D eigenvalue weighted by atomic mass is 16.5. The van der Waals surface area contributed by atoms with E-state index in [0.29, 0.717) is 19.3 Å². The van der Waals surface area contributed by atoms with Crippen molar-refractivity contribution in [1.82, 2.24) is 5.32 Å². The molecule has 0 aliphatic rings. The first-order valence-electron chi connectivity index (χ1n) is 28.2. The number of unbranched alkanes of at least 4 members (excludes halogenated alkanes) is 26. The SMILES string of the molecule is CC/C=C/C/C=C/C/C=C/CCCCCCCCC(=O)OC(CCCCCC/C=C\C/C=C\C/C=C\CCCCC)CC(=O)NC(CO)C(O)CCCCCCCCCCCCCCCC. The van der Waals surface area contributed by atoms with E-state index in [2.05, 4.69) is 99.0 Å². The van der Waals surface area contributed by atoms with Gasteiger partial charge in [-0.2, -0.15) is 0 Å². The lowest BCUT2D eigenvalue weighted by atomic mass is 10.0. The van der Waals surface area contributed by atoms with Crippen molar-refractivity contribution in [3.8, 4) is 0 Å². The van der Waals surface area contributed by atoms with E-state index < -0.39 is 18.2 Å². The Bertz CT molecular complexity index is 1220. The van der Waals surface area contributed by atoms with Crippen LogP contribution < -0.4 is 5.32 Å². The second kappa shape index (κ2) is 53.3. The molecule has 0 saturated heterocycles. The first kappa shape index (κ1) is 63.3. The van der Waals surface area contributed by atoms with E-state index in [9.17, 15) is 19.8 Å². The maximum atomic E-state index is 13.3. The van der Waals surface area contributed by atoms with Crippen LogP contribution in [0.5, 0.6) is 0 Å². The second-order valence-corrected chi connectivity index (χ2v) is 19.0. The summed E-state index contributed by atoms with van der Waals surface area (Å²) < 4.78 is 5.94. The normalized spacial score (nSPS) is 13.7. The fourth-order valence-electron chi connectivity index (χ4n) is 8.28. The summed E-state index contributed by atoms with van der Waals surface area (Å²) in [5, 5.41) is 23.9. The predicted octanol–water partition coefficient (Wildman–Crippen LogP) is 17.3. The molecule has 0 fully saturated rings. The number of allylic oxidation sites excluding steroid dienone is 12. The molecule has 0 aromatic carbocycles. The van der Waals surface area contributed by atoms with Crippen LogP contribution in [0.2, 0.25) is 0 Å². The third-order valence-electron chi connectivity index (χ3n) is 12.5. The van der Waals surface area contributed by atoms with Crippen LogP contribution in [-0.2, 0) is 14.3 Å². The van der Waals surface area contributed by atoms with Crippen molar-refractivity contribution >= 4 is 11.9 Å². The van der Waals surface area contributed by atoms with Gasteiger partial charge in [-0.3, -0.25) is 9.59 Å². The Hall–Kier alpha value is -2.70. The number of ether oxygens (including phenoxy) is 1. The molecule has 0 aliphatic heterocycles. The molecule has 0 heterocycles. The van der Waals surface area contributed by atoms with Crippen molar-refractivity contribution in [2.75, 3.05) is 6.61 Å². The Morgan fingerprint density at radius 2 is 0.818 bits per heavy atom. The van der Waals surface area contributed by atoms with Crippen molar-refractivity contribution in [3.05, 3.63) is 72.9 Å². The fourth-order valence-corrected chi connectivity index (χ4v) is 8.28. The quantitative estimate of drug-likeness (QED) is 0.0321. The van der Waals surface area contributed by atoms with Gasteiger partial charge in [0.05, 0.1) is 25.2 Å². The van der Waals surface area contributed by atoms with Gasteiger partial charge in [-0.25, -0.2) is 0 Å². The van der Waals surface area contributed by atoms with E-state index in [1.165, 1.54) is 116 Å². The Kier molecular flexibility index (Phi) is 51.1. The van der Waals surface area contributed by atoms with Gasteiger partial charge >= 0.3 is 5.97 Å². The minimum atomic E-state index is -0.800. The van der Waals surface area contributed by atoms with Crippen LogP contribution in [0, 0.1) is 0 Å². The average Bonchev–Trinajstić information content (AvgIpc) is 3.31. The predicted molar refractivity (Wildman–Crippen MR) is 287 cm³/mol. The van der Waals surface area contributed by atoms with Crippen LogP contribution in [0.15, 0.2) is 72.9 Å². The van der Waals surface area contributed by atoms with Crippen molar-refractivity contribution in [1.29, 1.82) is 0 Å². The molecule has 0 aliphatic carbocycles. The minimum absolute atomic E-state index is 0.0553. The topological polar surface area (TPSA) is 95.9 Å². The Morgan fingerprint density at radius 1 is 0.455 bits per heavy atom. The minimum Gasteiger partial charge on any atom is -0.462 e. The zero-order valence-electron chi connectivity index (χ0n) is 43.6.